The lowest BCUT2D eigenvalue weighted by Crippen LogP contribution is -2.25. The Bertz CT molecular complexity index is 623. The van der Waals surface area contributed by atoms with Crippen LogP contribution in [0.5, 0.6) is 0 Å². The zero-order chi connectivity index (χ0) is 15.4. The maximum absolute atomic E-state index is 14.1. The second-order valence-electron chi connectivity index (χ2n) is 5.41. The average Bonchev–Trinajstić information content (AvgIpc) is 2.44. The van der Waals surface area contributed by atoms with E-state index in [0.717, 1.165) is 35.7 Å². The van der Waals surface area contributed by atoms with Gasteiger partial charge in [0.15, 0.2) is 0 Å². The van der Waals surface area contributed by atoms with E-state index in [1.807, 2.05) is 32.9 Å². The van der Waals surface area contributed by atoms with Gasteiger partial charge in [0.2, 0.25) is 0 Å². The summed E-state index contributed by atoms with van der Waals surface area (Å²) in [6.45, 7) is 6.82. The molecule has 0 spiro atoms. The highest BCUT2D eigenvalue weighted by atomic mass is 19.1. The van der Waals surface area contributed by atoms with Crippen LogP contribution >= 0.6 is 0 Å². The Morgan fingerprint density at radius 1 is 1.00 bits per heavy atom. The van der Waals surface area contributed by atoms with Crippen molar-refractivity contribution in [3.8, 4) is 0 Å². The molecule has 112 valence electrons. The summed E-state index contributed by atoms with van der Waals surface area (Å²) in [4.78, 5) is 0. The highest BCUT2D eigenvalue weighted by Crippen LogP contribution is 2.28. The molecule has 0 aliphatic heterocycles. The highest BCUT2D eigenvalue weighted by Gasteiger charge is 2.19. The van der Waals surface area contributed by atoms with Crippen LogP contribution in [0.4, 0.5) is 8.78 Å². The molecule has 1 nitrogen and oxygen atoms in total. The lowest BCUT2D eigenvalue weighted by molar-refractivity contribution is 0.534. The minimum absolute atomic E-state index is 0.332. The highest BCUT2D eigenvalue weighted by molar-refractivity contribution is 5.39. The molecular weight excluding hydrogens is 268 g/mol. The van der Waals surface area contributed by atoms with E-state index in [-0.39, 0.29) is 11.9 Å². The van der Waals surface area contributed by atoms with Crippen LogP contribution in [-0.2, 0) is 0 Å². The van der Waals surface area contributed by atoms with Gasteiger partial charge in [-0.25, -0.2) is 8.78 Å². The normalized spacial score (nSPS) is 12.4. The monoisotopic (exact) mass is 289 g/mol. The zero-order valence-corrected chi connectivity index (χ0v) is 12.7. The standard InChI is InChI=1S/C18H21F2N/c1-4-9-21-18(15-7-5-12(2)10-13(15)3)16-11-14(19)6-8-17(16)20/h5-8,10-11,18,21H,4,9H2,1-3H3. The lowest BCUT2D eigenvalue weighted by Gasteiger charge is -2.22. The van der Waals surface area contributed by atoms with Gasteiger partial charge in [0, 0.05) is 5.56 Å². The van der Waals surface area contributed by atoms with Crippen LogP contribution in [0.15, 0.2) is 36.4 Å². The van der Waals surface area contributed by atoms with E-state index in [9.17, 15) is 8.78 Å². The van der Waals surface area contributed by atoms with E-state index in [1.165, 1.54) is 12.1 Å². The number of hydrogen-bond acceptors (Lipinski definition) is 1. The van der Waals surface area contributed by atoms with E-state index in [0.29, 0.717) is 5.56 Å². The number of nitrogens with one attached hydrogen (secondary N) is 1. The zero-order valence-electron chi connectivity index (χ0n) is 12.7. The first-order valence-corrected chi connectivity index (χ1v) is 7.28. The molecule has 1 unspecified atom stereocenters. The van der Waals surface area contributed by atoms with Crippen molar-refractivity contribution in [3.63, 3.8) is 0 Å². The Morgan fingerprint density at radius 3 is 2.43 bits per heavy atom. The Morgan fingerprint density at radius 2 is 1.76 bits per heavy atom. The predicted octanol–water partition coefficient (Wildman–Crippen LogP) is 4.67. The average molecular weight is 289 g/mol. The summed E-state index contributed by atoms with van der Waals surface area (Å²) >= 11 is 0. The van der Waals surface area contributed by atoms with Gasteiger partial charge in [0.1, 0.15) is 11.6 Å². The van der Waals surface area contributed by atoms with Crippen molar-refractivity contribution in [2.75, 3.05) is 6.54 Å². The third-order valence-corrected chi connectivity index (χ3v) is 3.60. The number of rotatable bonds is 5. The number of hydrogen-bond donors (Lipinski definition) is 1. The van der Waals surface area contributed by atoms with E-state index < -0.39 is 5.82 Å². The molecule has 0 saturated carbocycles. The molecule has 0 fully saturated rings. The lowest BCUT2D eigenvalue weighted by atomic mass is 9.93. The van der Waals surface area contributed by atoms with Crippen molar-refractivity contribution < 1.29 is 8.78 Å². The largest absolute Gasteiger partial charge is 0.306 e. The van der Waals surface area contributed by atoms with Crippen molar-refractivity contribution in [3.05, 3.63) is 70.3 Å². The molecule has 0 aliphatic rings. The molecule has 0 saturated heterocycles. The molecule has 0 radical (unpaired) electrons. The fourth-order valence-electron chi connectivity index (χ4n) is 2.56. The van der Waals surface area contributed by atoms with Gasteiger partial charge in [-0.05, 0) is 56.1 Å². The second-order valence-corrected chi connectivity index (χ2v) is 5.41. The maximum atomic E-state index is 14.1. The molecule has 0 aromatic heterocycles. The minimum Gasteiger partial charge on any atom is -0.306 e. The Labute approximate surface area is 125 Å². The van der Waals surface area contributed by atoms with Crippen molar-refractivity contribution in [2.24, 2.45) is 0 Å². The third kappa shape index (κ3) is 3.67. The summed E-state index contributed by atoms with van der Waals surface area (Å²) in [6, 6.07) is 9.34. The molecule has 0 heterocycles. The Hall–Kier alpha value is -1.74. The fraction of sp³-hybridized carbons (Fsp3) is 0.333. The van der Waals surface area contributed by atoms with Gasteiger partial charge in [0.05, 0.1) is 6.04 Å². The van der Waals surface area contributed by atoms with E-state index in [1.54, 1.807) is 0 Å². The third-order valence-electron chi connectivity index (χ3n) is 3.60. The summed E-state index contributed by atoms with van der Waals surface area (Å²) in [5.74, 6) is -0.801. The summed E-state index contributed by atoms with van der Waals surface area (Å²) in [5, 5.41) is 3.32. The van der Waals surface area contributed by atoms with Gasteiger partial charge in [-0.15, -0.1) is 0 Å². The van der Waals surface area contributed by atoms with Crippen LogP contribution in [0, 0.1) is 25.5 Å². The van der Waals surface area contributed by atoms with Crippen LogP contribution in [-0.4, -0.2) is 6.54 Å². The minimum atomic E-state index is -0.417. The van der Waals surface area contributed by atoms with Gasteiger partial charge in [0.25, 0.3) is 0 Å². The van der Waals surface area contributed by atoms with E-state index >= 15 is 0 Å². The van der Waals surface area contributed by atoms with Crippen LogP contribution in [0.3, 0.4) is 0 Å². The molecule has 0 aliphatic carbocycles. The summed E-state index contributed by atoms with van der Waals surface area (Å²) in [7, 11) is 0. The van der Waals surface area contributed by atoms with Crippen LogP contribution in [0.25, 0.3) is 0 Å². The van der Waals surface area contributed by atoms with Crippen LogP contribution in [0.2, 0.25) is 0 Å². The summed E-state index contributed by atoms with van der Waals surface area (Å²) in [5.41, 5.74) is 3.58. The van der Waals surface area contributed by atoms with Crippen LogP contribution in [0.1, 0.15) is 41.6 Å². The molecule has 1 N–H and O–H groups in total. The topological polar surface area (TPSA) is 12.0 Å². The van der Waals surface area contributed by atoms with Crippen molar-refractivity contribution in [2.45, 2.75) is 33.2 Å². The maximum Gasteiger partial charge on any atom is 0.128 e. The Balaban J connectivity index is 2.49. The fourth-order valence-corrected chi connectivity index (χ4v) is 2.56. The quantitative estimate of drug-likeness (QED) is 0.843. The second kappa shape index (κ2) is 6.81. The Kier molecular flexibility index (Phi) is 5.07. The first-order valence-electron chi connectivity index (χ1n) is 7.28. The molecule has 2 rings (SSSR count). The number of halogens is 2. The molecule has 3 heteroatoms. The van der Waals surface area contributed by atoms with Gasteiger partial charge in [-0.3, -0.25) is 0 Å². The summed E-state index contributed by atoms with van der Waals surface area (Å²) in [6.07, 6.45) is 0.929. The van der Waals surface area contributed by atoms with Crippen molar-refractivity contribution in [1.82, 2.24) is 5.32 Å². The molecule has 1 atom stereocenters. The molecular formula is C18H21F2N. The molecule has 21 heavy (non-hydrogen) atoms. The first-order chi connectivity index (χ1) is 10.0. The van der Waals surface area contributed by atoms with Crippen molar-refractivity contribution in [1.29, 1.82) is 0 Å². The summed E-state index contributed by atoms with van der Waals surface area (Å²) < 4.78 is 27.7. The number of benzene rings is 2. The molecule has 0 amide bonds. The van der Waals surface area contributed by atoms with Gasteiger partial charge in [-0.1, -0.05) is 30.7 Å². The van der Waals surface area contributed by atoms with Crippen molar-refractivity contribution >= 4 is 0 Å². The predicted molar refractivity (Wildman–Crippen MR) is 82.4 cm³/mol. The molecule has 0 bridgehead atoms. The van der Waals surface area contributed by atoms with Crippen LogP contribution < -0.4 is 5.32 Å². The number of aryl methyl sites for hydroxylation is 2. The smallest absolute Gasteiger partial charge is 0.128 e. The van der Waals surface area contributed by atoms with E-state index in [2.05, 4.69) is 11.4 Å². The van der Waals surface area contributed by atoms with Gasteiger partial charge >= 0.3 is 0 Å². The van der Waals surface area contributed by atoms with Gasteiger partial charge < -0.3 is 5.32 Å². The van der Waals surface area contributed by atoms with E-state index in [4.69, 9.17) is 0 Å². The van der Waals surface area contributed by atoms with Gasteiger partial charge in [-0.2, -0.15) is 0 Å². The molecule has 2 aromatic carbocycles. The SMILES string of the molecule is CCCNC(c1ccc(C)cc1C)c1cc(F)ccc1F. The molecule has 2 aromatic rings. The first kappa shape index (κ1) is 15.6.